The summed E-state index contributed by atoms with van der Waals surface area (Å²) in [6.45, 7) is 1.41. The number of hydrogen-bond donors (Lipinski definition) is 1. The van der Waals surface area contributed by atoms with Crippen LogP contribution in [0.5, 0.6) is 0 Å². The molecule has 1 N–H and O–H groups in total. The van der Waals surface area contributed by atoms with Gasteiger partial charge < -0.3 is 0 Å². The van der Waals surface area contributed by atoms with Gasteiger partial charge in [0.2, 0.25) is 5.28 Å². The molecule has 0 radical (unpaired) electrons. The summed E-state index contributed by atoms with van der Waals surface area (Å²) in [5.41, 5.74) is -0.537. The number of benzene rings is 2. The van der Waals surface area contributed by atoms with Crippen LogP contribution in [0.4, 0.5) is 14.5 Å². The Morgan fingerprint density at radius 1 is 1.17 bits per heavy atom. The molecule has 1 unspecified atom stereocenters. The molecule has 0 bridgehead atoms. The first-order valence-electron chi connectivity index (χ1n) is 8.35. The molecular weight excluding hydrogens is 504 g/mol. The van der Waals surface area contributed by atoms with E-state index in [0.717, 1.165) is 12.1 Å². The van der Waals surface area contributed by atoms with Crippen LogP contribution >= 0.6 is 27.5 Å². The predicted octanol–water partition coefficient (Wildman–Crippen LogP) is 4.84. The number of Topliss-reactive ketones (excluding diaryl/α,β-unsaturated/α-hetero) is 1. The molecule has 0 spiro atoms. The van der Waals surface area contributed by atoms with E-state index >= 15 is 4.39 Å². The number of nitrogens with zero attached hydrogens (tertiary/aromatic N) is 2. The fourth-order valence-corrected chi connectivity index (χ4v) is 4.74. The highest BCUT2D eigenvalue weighted by Gasteiger charge is 2.27. The molecule has 2 aromatic carbocycles. The van der Waals surface area contributed by atoms with Gasteiger partial charge in [-0.2, -0.15) is 0 Å². The number of ketones is 1. The molecule has 0 saturated heterocycles. The van der Waals surface area contributed by atoms with Crippen molar-refractivity contribution in [1.82, 2.24) is 9.97 Å². The first-order chi connectivity index (χ1) is 14.1. The molecule has 6 nitrogen and oxygen atoms in total. The number of aryl methyl sites for hydroxylation is 1. The smallest absolute Gasteiger partial charge is 0.265 e. The van der Waals surface area contributed by atoms with Crippen LogP contribution in [-0.2, 0) is 10.0 Å². The molecule has 0 aliphatic heterocycles. The number of halogens is 4. The molecule has 11 heteroatoms. The van der Waals surface area contributed by atoms with Crippen LogP contribution in [0, 0.1) is 18.6 Å². The number of alkyl halides is 1. The number of carbonyl (C=O) groups is 1. The maximum atomic E-state index is 15.0. The molecule has 0 saturated carbocycles. The van der Waals surface area contributed by atoms with Crippen molar-refractivity contribution in [3.05, 3.63) is 82.4 Å². The van der Waals surface area contributed by atoms with Gasteiger partial charge >= 0.3 is 0 Å². The van der Waals surface area contributed by atoms with Crippen molar-refractivity contribution in [2.24, 2.45) is 0 Å². The SMILES string of the molecule is Cc1cccc(F)c1S(=O)(=O)Nc1cccc(C(=O)C(Br)c2ccnc(Cl)n2)c1F. The maximum absolute atomic E-state index is 15.0. The van der Waals surface area contributed by atoms with Gasteiger partial charge in [-0.1, -0.05) is 34.1 Å². The number of rotatable bonds is 6. The van der Waals surface area contributed by atoms with Crippen LogP contribution in [-0.4, -0.2) is 24.2 Å². The Hall–Kier alpha value is -2.43. The minimum absolute atomic E-state index is 0.0907. The molecule has 1 heterocycles. The average Bonchev–Trinajstić information content (AvgIpc) is 2.68. The third kappa shape index (κ3) is 4.50. The minimum atomic E-state index is -4.44. The van der Waals surface area contributed by atoms with Crippen LogP contribution in [0.15, 0.2) is 53.6 Å². The first-order valence-corrected chi connectivity index (χ1v) is 11.1. The number of nitrogens with one attached hydrogen (secondary N) is 1. The number of aromatic nitrogens is 2. The second-order valence-corrected chi connectivity index (χ2v) is 9.01. The fraction of sp³-hybridized carbons (Fsp3) is 0.105. The van der Waals surface area contributed by atoms with Gasteiger partial charge in [-0.15, -0.1) is 0 Å². The quantitative estimate of drug-likeness (QED) is 0.288. The summed E-state index contributed by atoms with van der Waals surface area (Å²) in [6, 6.07) is 8.81. The zero-order chi connectivity index (χ0) is 22.1. The van der Waals surface area contributed by atoms with E-state index in [2.05, 4.69) is 25.9 Å². The Morgan fingerprint density at radius 2 is 1.87 bits per heavy atom. The zero-order valence-corrected chi connectivity index (χ0v) is 18.4. The van der Waals surface area contributed by atoms with E-state index in [9.17, 15) is 17.6 Å². The van der Waals surface area contributed by atoms with E-state index in [-0.39, 0.29) is 16.5 Å². The third-order valence-electron chi connectivity index (χ3n) is 4.08. The topological polar surface area (TPSA) is 89.0 Å². The monoisotopic (exact) mass is 515 g/mol. The molecule has 1 atom stereocenters. The second-order valence-electron chi connectivity index (χ2n) is 6.14. The Labute approximate surface area is 184 Å². The van der Waals surface area contributed by atoms with Gasteiger partial charge in [0.1, 0.15) is 15.5 Å². The summed E-state index contributed by atoms with van der Waals surface area (Å²) in [7, 11) is -4.44. The lowest BCUT2D eigenvalue weighted by Gasteiger charge is -2.14. The molecule has 0 amide bonds. The second kappa shape index (κ2) is 8.75. The highest BCUT2D eigenvalue weighted by atomic mass is 79.9. The van der Waals surface area contributed by atoms with Gasteiger partial charge in [0, 0.05) is 6.20 Å². The van der Waals surface area contributed by atoms with Crippen LogP contribution in [0.3, 0.4) is 0 Å². The van der Waals surface area contributed by atoms with Crippen molar-refractivity contribution in [3.63, 3.8) is 0 Å². The van der Waals surface area contributed by atoms with Gasteiger partial charge in [0.05, 0.1) is 16.9 Å². The number of carbonyl (C=O) groups excluding carboxylic acids is 1. The Balaban J connectivity index is 1.96. The summed E-state index contributed by atoms with van der Waals surface area (Å²) in [6.07, 6.45) is 1.34. The number of hydrogen-bond acceptors (Lipinski definition) is 5. The lowest BCUT2D eigenvalue weighted by molar-refractivity contribution is 0.0986. The van der Waals surface area contributed by atoms with E-state index in [1.165, 1.54) is 43.5 Å². The third-order valence-corrected chi connectivity index (χ3v) is 6.69. The van der Waals surface area contributed by atoms with E-state index in [4.69, 9.17) is 11.6 Å². The summed E-state index contributed by atoms with van der Waals surface area (Å²) in [4.78, 5) is 18.7. The summed E-state index contributed by atoms with van der Waals surface area (Å²) < 4.78 is 56.4. The van der Waals surface area contributed by atoms with Gasteiger partial charge in [0.15, 0.2) is 11.6 Å². The van der Waals surface area contributed by atoms with Crippen LogP contribution in [0.25, 0.3) is 0 Å². The summed E-state index contributed by atoms with van der Waals surface area (Å²) in [5, 5.41) is -0.0907. The Morgan fingerprint density at radius 3 is 2.53 bits per heavy atom. The van der Waals surface area contributed by atoms with Gasteiger partial charge in [-0.05, 0) is 48.4 Å². The lowest BCUT2D eigenvalue weighted by Crippen LogP contribution is -2.18. The normalized spacial score (nSPS) is 12.4. The van der Waals surface area contributed by atoms with Crippen molar-refractivity contribution in [2.45, 2.75) is 16.6 Å². The Bertz CT molecular complexity index is 1220. The lowest BCUT2D eigenvalue weighted by atomic mass is 10.0. The molecular formula is C19H13BrClF2N3O3S. The maximum Gasteiger partial charge on any atom is 0.265 e. The predicted molar refractivity (Wildman–Crippen MR) is 111 cm³/mol. The zero-order valence-electron chi connectivity index (χ0n) is 15.2. The molecule has 156 valence electrons. The number of anilines is 1. The molecule has 3 aromatic rings. The molecule has 0 aliphatic rings. The average molecular weight is 517 g/mol. The van der Waals surface area contributed by atoms with E-state index < -0.39 is 48.4 Å². The fourth-order valence-electron chi connectivity index (χ4n) is 2.71. The van der Waals surface area contributed by atoms with Crippen molar-refractivity contribution in [2.75, 3.05) is 4.72 Å². The van der Waals surface area contributed by atoms with Crippen LogP contribution in [0.1, 0.15) is 26.4 Å². The van der Waals surface area contributed by atoms with E-state index in [1.807, 2.05) is 4.72 Å². The van der Waals surface area contributed by atoms with Crippen LogP contribution in [0.2, 0.25) is 5.28 Å². The minimum Gasteiger partial charge on any atom is -0.292 e. The molecule has 0 fully saturated rings. The van der Waals surface area contributed by atoms with Crippen molar-refractivity contribution in [3.8, 4) is 0 Å². The van der Waals surface area contributed by atoms with Crippen LogP contribution < -0.4 is 4.72 Å². The van der Waals surface area contributed by atoms with E-state index in [1.54, 1.807) is 0 Å². The van der Waals surface area contributed by atoms with Gasteiger partial charge in [0.25, 0.3) is 10.0 Å². The standard InChI is InChI=1S/C19H13BrClF2N3O3S/c1-10-4-2-6-12(22)18(10)30(28,29)26-14-7-3-5-11(16(14)23)17(27)15(20)13-8-9-24-19(21)25-13/h2-9,15,26H,1H3. The first kappa shape index (κ1) is 22.3. The largest absolute Gasteiger partial charge is 0.292 e. The molecule has 30 heavy (non-hydrogen) atoms. The van der Waals surface area contributed by atoms with Gasteiger partial charge in [-0.3, -0.25) is 9.52 Å². The summed E-state index contributed by atoms with van der Waals surface area (Å²) >= 11 is 8.86. The summed E-state index contributed by atoms with van der Waals surface area (Å²) in [5.74, 6) is -2.80. The number of sulfonamides is 1. The van der Waals surface area contributed by atoms with Crippen molar-refractivity contribution < 1.29 is 22.0 Å². The van der Waals surface area contributed by atoms with Gasteiger partial charge in [-0.25, -0.2) is 27.2 Å². The highest BCUT2D eigenvalue weighted by molar-refractivity contribution is 9.09. The highest BCUT2D eigenvalue weighted by Crippen LogP contribution is 2.30. The van der Waals surface area contributed by atoms with E-state index in [0.29, 0.717) is 0 Å². The van der Waals surface area contributed by atoms with Crippen molar-refractivity contribution >= 4 is 49.0 Å². The molecule has 0 aliphatic carbocycles. The van der Waals surface area contributed by atoms with Crippen molar-refractivity contribution in [1.29, 1.82) is 0 Å². The Kier molecular flexibility index (Phi) is 6.49. The molecule has 3 rings (SSSR count). The molecule has 1 aromatic heterocycles.